The molecule has 1 saturated heterocycles. The average molecular weight is 747 g/mol. The van der Waals surface area contributed by atoms with Crippen molar-refractivity contribution in [1.29, 1.82) is 5.26 Å². The highest BCUT2D eigenvalue weighted by molar-refractivity contribution is 6.32. The molecular formula is C43H47ClN6O4. The molecule has 0 amide bonds. The second kappa shape index (κ2) is 17.5. The first-order valence-corrected chi connectivity index (χ1v) is 19.1. The number of nitriles is 1. The van der Waals surface area contributed by atoms with Gasteiger partial charge in [-0.1, -0.05) is 41.9 Å². The largest absolute Gasteiger partial charge is 0.493 e. The predicted octanol–water partition coefficient (Wildman–Crippen LogP) is 7.25. The SMILES string of the molecule is Cc1c(COc2cc(OCc3cncc(C#N)c3)c(CNC3CCc4[nH]ncc4C3)cc2Cl)cccc1-c1cccc(OCCCN2CCC(O)C2)c1C. The van der Waals surface area contributed by atoms with Gasteiger partial charge in [0.15, 0.2) is 0 Å². The maximum atomic E-state index is 9.81. The number of benzene rings is 3. The van der Waals surface area contributed by atoms with E-state index in [9.17, 15) is 10.4 Å². The summed E-state index contributed by atoms with van der Waals surface area (Å²) in [4.78, 5) is 6.49. The second-order valence-corrected chi connectivity index (χ2v) is 14.7. The van der Waals surface area contributed by atoms with Gasteiger partial charge in [-0.15, -0.1) is 0 Å². The zero-order chi connectivity index (χ0) is 37.4. The molecule has 2 unspecified atom stereocenters. The summed E-state index contributed by atoms with van der Waals surface area (Å²) in [7, 11) is 0. The van der Waals surface area contributed by atoms with Crippen molar-refractivity contribution in [2.75, 3.05) is 26.2 Å². The Labute approximate surface area is 322 Å². The number of β-amino-alcohol motifs (C(OH)–C–C–N with tert-alkyl or cyclic N) is 1. The Balaban J connectivity index is 1.05. The van der Waals surface area contributed by atoms with Crippen molar-refractivity contribution in [2.45, 2.75) is 77.9 Å². The van der Waals surface area contributed by atoms with E-state index in [0.29, 0.717) is 47.9 Å². The molecule has 5 aromatic rings. The maximum absolute atomic E-state index is 9.81. The number of aromatic amines is 1. The van der Waals surface area contributed by atoms with E-state index < -0.39 is 0 Å². The Morgan fingerprint density at radius 2 is 1.78 bits per heavy atom. The molecule has 0 bridgehead atoms. The lowest BCUT2D eigenvalue weighted by atomic mass is 9.93. The van der Waals surface area contributed by atoms with Crippen LogP contribution in [0.3, 0.4) is 0 Å². The van der Waals surface area contributed by atoms with Crippen LogP contribution in [0.2, 0.25) is 5.02 Å². The average Bonchev–Trinajstić information content (AvgIpc) is 3.84. The van der Waals surface area contributed by atoms with Gasteiger partial charge in [0, 0.05) is 67.5 Å². The van der Waals surface area contributed by atoms with Crippen molar-refractivity contribution in [1.82, 2.24) is 25.4 Å². The summed E-state index contributed by atoms with van der Waals surface area (Å²) in [6.07, 6.45) is 9.60. The summed E-state index contributed by atoms with van der Waals surface area (Å²) in [5.41, 5.74) is 10.2. The van der Waals surface area contributed by atoms with Crippen molar-refractivity contribution in [3.05, 3.63) is 123 Å². The van der Waals surface area contributed by atoms with E-state index >= 15 is 0 Å². The van der Waals surface area contributed by atoms with Crippen LogP contribution >= 0.6 is 11.6 Å². The van der Waals surface area contributed by atoms with E-state index in [4.69, 9.17) is 25.8 Å². The minimum Gasteiger partial charge on any atom is -0.493 e. The number of ether oxygens (including phenoxy) is 3. The third-order valence-corrected chi connectivity index (χ3v) is 10.9. The highest BCUT2D eigenvalue weighted by Crippen LogP contribution is 2.36. The highest BCUT2D eigenvalue weighted by atomic mass is 35.5. The molecule has 2 aliphatic rings. The fraction of sp³-hybridized carbons (Fsp3) is 0.372. The molecule has 54 heavy (non-hydrogen) atoms. The predicted molar refractivity (Wildman–Crippen MR) is 209 cm³/mol. The van der Waals surface area contributed by atoms with Crippen molar-refractivity contribution >= 4 is 11.6 Å². The number of H-pyrrole nitrogens is 1. The molecule has 0 spiro atoms. The third-order valence-electron chi connectivity index (χ3n) is 10.6. The van der Waals surface area contributed by atoms with Gasteiger partial charge < -0.3 is 29.5 Å². The molecule has 11 heteroatoms. The van der Waals surface area contributed by atoms with E-state index in [-0.39, 0.29) is 12.7 Å². The Bertz CT molecular complexity index is 2110. The zero-order valence-corrected chi connectivity index (χ0v) is 31.7. The molecule has 0 radical (unpaired) electrons. The number of aromatic nitrogens is 3. The lowest BCUT2D eigenvalue weighted by Crippen LogP contribution is -2.34. The number of aryl methyl sites for hydroxylation is 1. The molecular weight excluding hydrogens is 700 g/mol. The smallest absolute Gasteiger partial charge is 0.142 e. The number of nitrogens with zero attached hydrogens (tertiary/aromatic N) is 4. The van der Waals surface area contributed by atoms with Gasteiger partial charge in [0.1, 0.15) is 36.5 Å². The number of likely N-dealkylation sites (tertiary alicyclic amines) is 1. The third kappa shape index (κ3) is 9.05. The van der Waals surface area contributed by atoms with Gasteiger partial charge in [0.25, 0.3) is 0 Å². The van der Waals surface area contributed by atoms with Gasteiger partial charge in [0.05, 0.1) is 29.5 Å². The van der Waals surface area contributed by atoms with Crippen LogP contribution < -0.4 is 19.5 Å². The molecule has 7 rings (SSSR count). The molecule has 3 aromatic carbocycles. The first-order valence-electron chi connectivity index (χ1n) is 18.7. The number of pyridine rings is 1. The minimum atomic E-state index is -0.200. The first-order chi connectivity index (χ1) is 26.3. The number of hydrogen-bond acceptors (Lipinski definition) is 9. The Kier molecular flexibility index (Phi) is 12.1. The zero-order valence-electron chi connectivity index (χ0n) is 30.9. The Hall–Kier alpha value is -4.92. The van der Waals surface area contributed by atoms with Gasteiger partial charge in [-0.3, -0.25) is 10.1 Å². The Morgan fingerprint density at radius 3 is 2.61 bits per heavy atom. The molecule has 2 aromatic heterocycles. The second-order valence-electron chi connectivity index (χ2n) is 14.3. The van der Waals surface area contributed by atoms with Gasteiger partial charge in [-0.05, 0) is 97.5 Å². The Morgan fingerprint density at radius 1 is 0.944 bits per heavy atom. The topological polar surface area (TPSA) is 129 Å². The lowest BCUT2D eigenvalue weighted by molar-refractivity contribution is 0.173. The minimum absolute atomic E-state index is 0.200. The number of aliphatic hydroxyl groups is 1. The fourth-order valence-corrected chi connectivity index (χ4v) is 7.67. The molecule has 1 aliphatic heterocycles. The summed E-state index contributed by atoms with van der Waals surface area (Å²) in [5, 5.41) is 30.7. The van der Waals surface area contributed by atoms with E-state index in [1.165, 1.54) is 17.5 Å². The van der Waals surface area contributed by atoms with Gasteiger partial charge in [-0.2, -0.15) is 10.4 Å². The van der Waals surface area contributed by atoms with Crippen LogP contribution in [-0.4, -0.2) is 63.6 Å². The van der Waals surface area contributed by atoms with Crippen molar-refractivity contribution in [3.63, 3.8) is 0 Å². The van der Waals surface area contributed by atoms with Gasteiger partial charge >= 0.3 is 0 Å². The van der Waals surface area contributed by atoms with E-state index in [0.717, 1.165) is 96.4 Å². The quantitative estimate of drug-likeness (QED) is 0.0949. The normalized spacial score (nSPS) is 16.9. The van der Waals surface area contributed by atoms with Crippen molar-refractivity contribution < 1.29 is 19.3 Å². The summed E-state index contributed by atoms with van der Waals surface area (Å²) in [6, 6.07) is 20.5. The van der Waals surface area contributed by atoms with Crippen LogP contribution in [0.1, 0.15) is 63.9 Å². The molecule has 3 heterocycles. The number of halogens is 1. The molecule has 0 saturated carbocycles. The monoisotopic (exact) mass is 746 g/mol. The van der Waals surface area contributed by atoms with E-state index in [1.54, 1.807) is 12.3 Å². The summed E-state index contributed by atoms with van der Waals surface area (Å²) in [5.74, 6) is 2.06. The summed E-state index contributed by atoms with van der Waals surface area (Å²) in [6.45, 7) is 8.61. The molecule has 280 valence electrons. The van der Waals surface area contributed by atoms with Crippen LogP contribution in [0.5, 0.6) is 17.2 Å². The van der Waals surface area contributed by atoms with E-state index in [2.05, 4.69) is 69.6 Å². The molecule has 2 atom stereocenters. The summed E-state index contributed by atoms with van der Waals surface area (Å²) < 4.78 is 19.1. The van der Waals surface area contributed by atoms with E-state index in [1.807, 2.05) is 30.5 Å². The van der Waals surface area contributed by atoms with Crippen LogP contribution in [0, 0.1) is 25.2 Å². The van der Waals surface area contributed by atoms with Gasteiger partial charge in [0.2, 0.25) is 0 Å². The maximum Gasteiger partial charge on any atom is 0.142 e. The number of rotatable bonds is 15. The van der Waals surface area contributed by atoms with Crippen LogP contribution in [-0.2, 0) is 32.6 Å². The van der Waals surface area contributed by atoms with Gasteiger partial charge in [-0.25, -0.2) is 0 Å². The molecule has 10 nitrogen and oxygen atoms in total. The lowest BCUT2D eigenvalue weighted by Gasteiger charge is -2.24. The van der Waals surface area contributed by atoms with Crippen molar-refractivity contribution in [3.8, 4) is 34.4 Å². The van der Waals surface area contributed by atoms with Crippen LogP contribution in [0.4, 0.5) is 0 Å². The first kappa shape index (κ1) is 37.4. The number of nitrogens with one attached hydrogen (secondary N) is 2. The fourth-order valence-electron chi connectivity index (χ4n) is 7.43. The van der Waals surface area contributed by atoms with Crippen LogP contribution in [0.25, 0.3) is 11.1 Å². The summed E-state index contributed by atoms with van der Waals surface area (Å²) >= 11 is 6.90. The van der Waals surface area contributed by atoms with Crippen LogP contribution in [0.15, 0.2) is 73.2 Å². The molecule has 3 N–H and O–H groups in total. The molecule has 1 fully saturated rings. The number of hydrogen-bond donors (Lipinski definition) is 3. The standard InChI is InChI=1S/C43H47ClN6O4/c1-28-32(6-3-7-37(28)38-8-4-9-41(29(38)2)52-15-5-13-50-14-12-36(51)25-50)27-54-43-19-42(53-26-31-16-30(20-45)21-46-22-31)34(18-39(43)44)23-47-35-10-11-40-33(17-35)24-48-49-40/h3-4,6-9,16,18-19,21-22,24,35-36,47,51H,5,10-15,17,23,25-27H2,1-2H3,(H,48,49). The molecule has 1 aliphatic carbocycles. The van der Waals surface area contributed by atoms with Crippen molar-refractivity contribution in [2.24, 2.45) is 0 Å². The highest BCUT2D eigenvalue weighted by Gasteiger charge is 2.22. The number of fused-ring (bicyclic) bond motifs is 1. The number of aliphatic hydroxyl groups excluding tert-OH is 1.